The molecule has 5 heteroatoms. The van der Waals surface area contributed by atoms with E-state index in [1.54, 1.807) is 7.11 Å². The molecule has 4 rings (SSSR count). The van der Waals surface area contributed by atoms with Crippen molar-refractivity contribution in [1.82, 2.24) is 9.88 Å². The molecule has 1 N–H and O–H groups in total. The fourth-order valence-corrected chi connectivity index (χ4v) is 3.90. The van der Waals surface area contributed by atoms with Crippen molar-refractivity contribution in [2.75, 3.05) is 13.7 Å². The lowest BCUT2D eigenvalue weighted by Crippen LogP contribution is -2.36. The first kappa shape index (κ1) is 18.3. The molecule has 1 aliphatic rings. The van der Waals surface area contributed by atoms with Crippen LogP contribution in [0.2, 0.25) is 0 Å². The second-order valence-electron chi connectivity index (χ2n) is 7.37. The first-order valence-electron chi connectivity index (χ1n) is 9.60. The minimum absolute atomic E-state index is 0.0620. The Morgan fingerprint density at radius 2 is 2.00 bits per heavy atom. The molecule has 3 aromatic rings. The Kier molecular flexibility index (Phi) is 4.90. The zero-order chi connectivity index (χ0) is 19.7. The first-order valence-corrected chi connectivity index (χ1v) is 9.60. The van der Waals surface area contributed by atoms with Crippen LogP contribution in [0.25, 0.3) is 10.9 Å². The molecule has 1 amide bonds. The predicted molar refractivity (Wildman–Crippen MR) is 110 cm³/mol. The Balaban J connectivity index is 1.50. The summed E-state index contributed by atoms with van der Waals surface area (Å²) in [6.45, 7) is 3.14. The number of ether oxygens (including phenoxy) is 1. The zero-order valence-corrected chi connectivity index (χ0v) is 16.2. The number of aryl methyl sites for hydroxylation is 2. The highest BCUT2D eigenvalue weighted by molar-refractivity contribution is 5.82. The number of carbonyl (C=O) groups is 1. The van der Waals surface area contributed by atoms with Crippen LogP contribution >= 0.6 is 0 Å². The lowest BCUT2D eigenvalue weighted by Gasteiger charge is -2.29. The number of nitrogens with zero attached hydrogens (tertiary/aromatic N) is 1. The number of fused-ring (bicyclic) bond motifs is 2. The number of para-hydroxylation sites is 1. The summed E-state index contributed by atoms with van der Waals surface area (Å²) in [5.41, 5.74) is 4.91. The maximum Gasteiger partial charge on any atom is 0.251 e. The van der Waals surface area contributed by atoms with E-state index in [2.05, 4.69) is 11.1 Å². The molecule has 0 saturated heterocycles. The highest BCUT2D eigenvalue weighted by Gasteiger charge is 2.21. The van der Waals surface area contributed by atoms with E-state index < -0.39 is 0 Å². The largest absolute Gasteiger partial charge is 0.496 e. The number of carbonyl (C=O) groups excluding carboxylic acids is 1. The molecule has 0 fully saturated rings. The standard InChI is InChI=1S/C23H24N2O3/c1-15-11-18-12-17-9-10-25(14-19(17)13-20(18)24-23(15)27)22(26)8-7-16-5-3-4-6-21(16)28-2/h3-6,11-13H,7-10,14H2,1-2H3,(H,24,27). The maximum absolute atomic E-state index is 12.8. The van der Waals surface area contributed by atoms with Crippen LogP contribution in [0.15, 0.2) is 47.3 Å². The normalized spacial score (nSPS) is 13.4. The summed E-state index contributed by atoms with van der Waals surface area (Å²) in [7, 11) is 1.65. The number of aromatic amines is 1. The fraction of sp³-hybridized carbons (Fsp3) is 0.304. The van der Waals surface area contributed by atoms with E-state index in [4.69, 9.17) is 4.74 Å². The van der Waals surface area contributed by atoms with E-state index in [1.165, 1.54) is 5.56 Å². The quantitative estimate of drug-likeness (QED) is 0.759. The van der Waals surface area contributed by atoms with Gasteiger partial charge >= 0.3 is 0 Å². The minimum atomic E-state index is -0.0620. The molecule has 0 atom stereocenters. The maximum atomic E-state index is 12.8. The van der Waals surface area contributed by atoms with E-state index in [9.17, 15) is 9.59 Å². The van der Waals surface area contributed by atoms with Crippen molar-refractivity contribution in [2.45, 2.75) is 32.7 Å². The number of hydrogen-bond acceptors (Lipinski definition) is 3. The Morgan fingerprint density at radius 1 is 1.18 bits per heavy atom. The van der Waals surface area contributed by atoms with E-state index >= 15 is 0 Å². The second kappa shape index (κ2) is 7.50. The van der Waals surface area contributed by atoms with Crippen molar-refractivity contribution in [3.05, 3.63) is 75.1 Å². The molecule has 0 aliphatic carbocycles. The van der Waals surface area contributed by atoms with E-state index in [-0.39, 0.29) is 11.5 Å². The van der Waals surface area contributed by atoms with Gasteiger partial charge in [0.15, 0.2) is 0 Å². The number of methoxy groups -OCH3 is 1. The topological polar surface area (TPSA) is 62.4 Å². The van der Waals surface area contributed by atoms with Gasteiger partial charge in [-0.3, -0.25) is 9.59 Å². The highest BCUT2D eigenvalue weighted by Crippen LogP contribution is 2.25. The van der Waals surface area contributed by atoms with Gasteiger partial charge in [-0.15, -0.1) is 0 Å². The van der Waals surface area contributed by atoms with Gasteiger partial charge in [-0.05, 0) is 66.1 Å². The summed E-state index contributed by atoms with van der Waals surface area (Å²) >= 11 is 0. The van der Waals surface area contributed by atoms with E-state index in [0.29, 0.717) is 19.4 Å². The summed E-state index contributed by atoms with van der Waals surface area (Å²) in [5.74, 6) is 0.971. The Morgan fingerprint density at radius 3 is 2.82 bits per heavy atom. The molecule has 144 valence electrons. The molecule has 2 aromatic carbocycles. The third-order valence-corrected chi connectivity index (χ3v) is 5.52. The van der Waals surface area contributed by atoms with Crippen molar-refractivity contribution in [3.8, 4) is 5.75 Å². The number of rotatable bonds is 4. The van der Waals surface area contributed by atoms with E-state index in [0.717, 1.165) is 46.3 Å². The monoisotopic (exact) mass is 376 g/mol. The third kappa shape index (κ3) is 3.52. The van der Waals surface area contributed by atoms with Crippen molar-refractivity contribution >= 4 is 16.8 Å². The van der Waals surface area contributed by atoms with Gasteiger partial charge in [-0.1, -0.05) is 18.2 Å². The molecule has 5 nitrogen and oxygen atoms in total. The van der Waals surface area contributed by atoms with E-state index in [1.807, 2.05) is 48.2 Å². The number of nitrogens with one attached hydrogen (secondary N) is 1. The fourth-order valence-electron chi connectivity index (χ4n) is 3.90. The Labute approximate surface area is 163 Å². The summed E-state index contributed by atoms with van der Waals surface area (Å²) in [6, 6.07) is 13.9. The molecule has 0 unspecified atom stereocenters. The van der Waals surface area contributed by atoms with Crippen molar-refractivity contribution in [2.24, 2.45) is 0 Å². The van der Waals surface area contributed by atoms with Crippen molar-refractivity contribution in [1.29, 1.82) is 0 Å². The summed E-state index contributed by atoms with van der Waals surface area (Å²) in [4.78, 5) is 29.5. The van der Waals surface area contributed by atoms with Gasteiger partial charge in [0.25, 0.3) is 5.56 Å². The summed E-state index contributed by atoms with van der Waals surface area (Å²) in [6.07, 6.45) is 1.96. The van der Waals surface area contributed by atoms with Crippen LogP contribution in [-0.2, 0) is 24.2 Å². The number of aromatic nitrogens is 1. The van der Waals surface area contributed by atoms with Crippen LogP contribution in [0.3, 0.4) is 0 Å². The molecular formula is C23H24N2O3. The molecule has 1 aliphatic heterocycles. The van der Waals surface area contributed by atoms with Crippen LogP contribution in [0.5, 0.6) is 5.75 Å². The lowest BCUT2D eigenvalue weighted by atomic mass is 9.96. The van der Waals surface area contributed by atoms with Gasteiger partial charge in [0.05, 0.1) is 7.11 Å². The van der Waals surface area contributed by atoms with Gasteiger partial charge in [-0.2, -0.15) is 0 Å². The van der Waals surface area contributed by atoms with Gasteiger partial charge in [-0.25, -0.2) is 0 Å². The van der Waals surface area contributed by atoms with Gasteiger partial charge in [0, 0.05) is 30.6 Å². The Hall–Kier alpha value is -3.08. The molecule has 28 heavy (non-hydrogen) atoms. The summed E-state index contributed by atoms with van der Waals surface area (Å²) < 4.78 is 5.37. The molecule has 0 spiro atoms. The number of pyridine rings is 1. The van der Waals surface area contributed by atoms with Gasteiger partial charge in [0.2, 0.25) is 5.91 Å². The number of amides is 1. The Bertz CT molecular complexity index is 1100. The van der Waals surface area contributed by atoms with Crippen LogP contribution in [0.1, 0.15) is 28.7 Å². The van der Waals surface area contributed by atoms with Gasteiger partial charge < -0.3 is 14.6 Å². The van der Waals surface area contributed by atoms with Crippen LogP contribution in [-0.4, -0.2) is 29.4 Å². The van der Waals surface area contributed by atoms with Crippen molar-refractivity contribution < 1.29 is 9.53 Å². The first-order chi connectivity index (χ1) is 13.5. The molecule has 2 heterocycles. The van der Waals surface area contributed by atoms with Gasteiger partial charge in [0.1, 0.15) is 5.75 Å². The molecule has 0 saturated carbocycles. The molecule has 0 bridgehead atoms. The number of hydrogen-bond donors (Lipinski definition) is 1. The lowest BCUT2D eigenvalue weighted by molar-refractivity contribution is -0.132. The highest BCUT2D eigenvalue weighted by atomic mass is 16.5. The summed E-state index contributed by atoms with van der Waals surface area (Å²) in [5, 5.41) is 1.05. The number of benzene rings is 2. The minimum Gasteiger partial charge on any atom is -0.496 e. The van der Waals surface area contributed by atoms with Crippen LogP contribution < -0.4 is 10.3 Å². The molecule has 1 aromatic heterocycles. The van der Waals surface area contributed by atoms with Crippen LogP contribution in [0, 0.1) is 6.92 Å². The molecule has 0 radical (unpaired) electrons. The van der Waals surface area contributed by atoms with Crippen LogP contribution in [0.4, 0.5) is 0 Å². The van der Waals surface area contributed by atoms with Crippen molar-refractivity contribution in [3.63, 3.8) is 0 Å². The SMILES string of the molecule is COc1ccccc1CCC(=O)N1CCc2cc3cc(C)c(=O)[nH]c3cc2C1. The molecular weight excluding hydrogens is 352 g/mol. The average molecular weight is 376 g/mol. The zero-order valence-electron chi connectivity index (χ0n) is 16.2. The second-order valence-corrected chi connectivity index (χ2v) is 7.37. The average Bonchev–Trinajstić information content (AvgIpc) is 2.71. The smallest absolute Gasteiger partial charge is 0.251 e. The predicted octanol–water partition coefficient (Wildman–Crippen LogP) is 3.36. The number of H-pyrrole nitrogens is 1. The third-order valence-electron chi connectivity index (χ3n) is 5.52.